The van der Waals surface area contributed by atoms with E-state index in [0.29, 0.717) is 34.3 Å². The number of hydrogen-bond donors (Lipinski definition) is 3. The molecular weight excluding hydrogens is 364 g/mol. The molecule has 6 nitrogen and oxygen atoms in total. The number of methoxy groups -OCH3 is 1. The van der Waals surface area contributed by atoms with E-state index in [9.17, 15) is 8.78 Å². The van der Waals surface area contributed by atoms with Crippen LogP contribution in [-0.2, 0) is 0 Å². The SMILES string of the molecule is CNc1c(Nc2ccc(OC)c(F)c2)nc(-c2ccc(F)cc2)nc1C(C)=N. The van der Waals surface area contributed by atoms with Crippen molar-refractivity contribution < 1.29 is 13.5 Å². The van der Waals surface area contributed by atoms with Crippen LogP contribution in [0, 0.1) is 17.0 Å². The molecule has 0 unspecified atom stereocenters. The molecule has 0 radical (unpaired) electrons. The summed E-state index contributed by atoms with van der Waals surface area (Å²) in [6.07, 6.45) is 0. The lowest BCUT2D eigenvalue weighted by Gasteiger charge is -2.16. The summed E-state index contributed by atoms with van der Waals surface area (Å²) in [5.74, 6) is -0.0777. The number of hydrogen-bond acceptors (Lipinski definition) is 6. The minimum atomic E-state index is -0.519. The lowest BCUT2D eigenvalue weighted by atomic mass is 10.1. The van der Waals surface area contributed by atoms with Crippen LogP contribution >= 0.6 is 0 Å². The minimum Gasteiger partial charge on any atom is -0.494 e. The Kier molecular flexibility index (Phi) is 5.49. The highest BCUT2D eigenvalue weighted by atomic mass is 19.1. The Morgan fingerprint density at radius 1 is 1.07 bits per heavy atom. The number of nitrogens with one attached hydrogen (secondary N) is 3. The first-order valence-corrected chi connectivity index (χ1v) is 8.44. The van der Waals surface area contributed by atoms with Gasteiger partial charge in [0.1, 0.15) is 17.2 Å². The van der Waals surface area contributed by atoms with Gasteiger partial charge in [0.2, 0.25) is 0 Å². The highest BCUT2D eigenvalue weighted by molar-refractivity contribution is 6.02. The maximum Gasteiger partial charge on any atom is 0.167 e. The van der Waals surface area contributed by atoms with Crippen LogP contribution in [0.15, 0.2) is 42.5 Å². The minimum absolute atomic E-state index is 0.130. The quantitative estimate of drug-likeness (QED) is 0.542. The number of anilines is 3. The van der Waals surface area contributed by atoms with Gasteiger partial charge in [-0.3, -0.25) is 0 Å². The highest BCUT2D eigenvalue weighted by Crippen LogP contribution is 2.31. The molecular formula is C20H19F2N5O. The standard InChI is InChI=1S/C20H19F2N5O/c1-11(23)17-18(24-2)20(25-14-8-9-16(28-3)15(22)10-14)27-19(26-17)12-4-6-13(21)7-5-12/h4-10,23-24H,1-3H3,(H,25,26,27). The lowest BCUT2D eigenvalue weighted by molar-refractivity contribution is 0.386. The fourth-order valence-electron chi connectivity index (χ4n) is 2.67. The van der Waals surface area contributed by atoms with E-state index in [0.717, 1.165) is 0 Å². The molecule has 0 saturated heterocycles. The molecule has 0 atom stereocenters. The summed E-state index contributed by atoms with van der Waals surface area (Å²) in [7, 11) is 3.08. The smallest absolute Gasteiger partial charge is 0.167 e. The van der Waals surface area contributed by atoms with Gasteiger partial charge >= 0.3 is 0 Å². The van der Waals surface area contributed by atoms with Gasteiger partial charge in [0.05, 0.1) is 12.8 Å². The third-order valence-corrected chi connectivity index (χ3v) is 4.03. The number of aromatic nitrogens is 2. The summed E-state index contributed by atoms with van der Waals surface area (Å²) < 4.78 is 32.2. The number of ether oxygens (including phenoxy) is 1. The van der Waals surface area contributed by atoms with Crippen LogP contribution in [0.5, 0.6) is 5.75 Å². The highest BCUT2D eigenvalue weighted by Gasteiger charge is 2.17. The Labute approximate surface area is 161 Å². The molecule has 0 aliphatic carbocycles. The van der Waals surface area contributed by atoms with E-state index in [-0.39, 0.29) is 17.3 Å². The van der Waals surface area contributed by atoms with Crippen molar-refractivity contribution in [2.24, 2.45) is 0 Å². The van der Waals surface area contributed by atoms with Gasteiger partial charge in [-0.05, 0) is 43.3 Å². The largest absolute Gasteiger partial charge is 0.494 e. The fourth-order valence-corrected chi connectivity index (χ4v) is 2.67. The predicted octanol–water partition coefficient (Wildman–Crippen LogP) is 4.60. The van der Waals surface area contributed by atoms with Gasteiger partial charge in [0.25, 0.3) is 0 Å². The van der Waals surface area contributed by atoms with E-state index < -0.39 is 5.82 Å². The molecule has 144 valence electrons. The second kappa shape index (κ2) is 7.99. The molecule has 3 rings (SSSR count). The first-order valence-electron chi connectivity index (χ1n) is 8.44. The zero-order valence-corrected chi connectivity index (χ0v) is 15.6. The van der Waals surface area contributed by atoms with Crippen molar-refractivity contribution in [3.05, 3.63) is 59.8 Å². The molecule has 0 saturated carbocycles. The van der Waals surface area contributed by atoms with Crippen molar-refractivity contribution in [3.63, 3.8) is 0 Å². The van der Waals surface area contributed by atoms with Crippen molar-refractivity contribution in [2.75, 3.05) is 24.8 Å². The van der Waals surface area contributed by atoms with E-state index in [1.165, 1.54) is 31.4 Å². The van der Waals surface area contributed by atoms with Gasteiger partial charge in [-0.15, -0.1) is 0 Å². The summed E-state index contributed by atoms with van der Waals surface area (Å²) in [4.78, 5) is 8.93. The molecule has 0 aliphatic rings. The fraction of sp³-hybridized carbons (Fsp3) is 0.150. The summed E-state index contributed by atoms with van der Waals surface area (Å²) in [6, 6.07) is 10.2. The molecule has 1 aromatic heterocycles. The molecule has 8 heteroatoms. The summed E-state index contributed by atoms with van der Waals surface area (Å²) >= 11 is 0. The molecule has 2 aromatic carbocycles. The van der Waals surface area contributed by atoms with Gasteiger partial charge in [0, 0.05) is 24.4 Å². The van der Waals surface area contributed by atoms with Gasteiger partial charge < -0.3 is 20.8 Å². The second-order valence-electron chi connectivity index (χ2n) is 5.98. The van der Waals surface area contributed by atoms with Crippen molar-refractivity contribution >= 4 is 22.9 Å². The second-order valence-corrected chi connectivity index (χ2v) is 5.98. The van der Waals surface area contributed by atoms with Crippen LogP contribution in [0.2, 0.25) is 0 Å². The summed E-state index contributed by atoms with van der Waals surface area (Å²) in [5, 5.41) is 14.1. The molecule has 3 N–H and O–H groups in total. The third kappa shape index (κ3) is 3.90. The molecule has 0 amide bonds. The van der Waals surface area contributed by atoms with Crippen LogP contribution in [0.1, 0.15) is 12.6 Å². The Morgan fingerprint density at radius 3 is 2.36 bits per heavy atom. The molecule has 0 fully saturated rings. The predicted molar refractivity (Wildman–Crippen MR) is 106 cm³/mol. The van der Waals surface area contributed by atoms with E-state index in [2.05, 4.69) is 20.6 Å². The zero-order valence-electron chi connectivity index (χ0n) is 15.6. The van der Waals surface area contributed by atoms with Crippen LogP contribution in [0.4, 0.5) is 26.0 Å². The van der Waals surface area contributed by atoms with Gasteiger partial charge in [-0.2, -0.15) is 0 Å². The van der Waals surface area contributed by atoms with E-state index in [4.69, 9.17) is 10.1 Å². The molecule has 28 heavy (non-hydrogen) atoms. The van der Waals surface area contributed by atoms with Gasteiger partial charge in [0.15, 0.2) is 23.2 Å². The molecule has 0 aliphatic heterocycles. The number of halogens is 2. The normalized spacial score (nSPS) is 10.5. The van der Waals surface area contributed by atoms with E-state index in [1.54, 1.807) is 32.2 Å². The lowest BCUT2D eigenvalue weighted by Crippen LogP contribution is -2.10. The molecule has 1 heterocycles. The van der Waals surface area contributed by atoms with E-state index >= 15 is 0 Å². The summed E-state index contributed by atoms with van der Waals surface area (Å²) in [6.45, 7) is 1.61. The maximum atomic E-state index is 14.0. The maximum absolute atomic E-state index is 14.0. The number of benzene rings is 2. The van der Waals surface area contributed by atoms with Crippen LogP contribution in [0.3, 0.4) is 0 Å². The van der Waals surface area contributed by atoms with Crippen molar-refractivity contribution in [1.82, 2.24) is 9.97 Å². The molecule has 0 spiro atoms. The Morgan fingerprint density at radius 2 is 1.79 bits per heavy atom. The first kappa shape index (κ1) is 19.2. The molecule has 0 bridgehead atoms. The van der Waals surface area contributed by atoms with Gasteiger partial charge in [-0.25, -0.2) is 18.7 Å². The zero-order chi connectivity index (χ0) is 20.3. The summed E-state index contributed by atoms with van der Waals surface area (Å²) in [5.41, 5.74) is 2.14. The average Bonchev–Trinajstić information content (AvgIpc) is 2.68. The number of nitrogens with zero attached hydrogens (tertiary/aromatic N) is 2. The van der Waals surface area contributed by atoms with Crippen molar-refractivity contribution in [1.29, 1.82) is 5.41 Å². The van der Waals surface area contributed by atoms with Crippen LogP contribution in [0.25, 0.3) is 11.4 Å². The molecule has 3 aromatic rings. The monoisotopic (exact) mass is 383 g/mol. The van der Waals surface area contributed by atoms with Crippen molar-refractivity contribution in [3.8, 4) is 17.1 Å². The first-order chi connectivity index (χ1) is 13.4. The topological polar surface area (TPSA) is 82.9 Å². The van der Waals surface area contributed by atoms with Crippen LogP contribution < -0.4 is 15.4 Å². The van der Waals surface area contributed by atoms with Crippen molar-refractivity contribution in [2.45, 2.75) is 6.92 Å². The Balaban J connectivity index is 2.11. The number of rotatable bonds is 6. The average molecular weight is 383 g/mol. The van der Waals surface area contributed by atoms with Gasteiger partial charge in [-0.1, -0.05) is 0 Å². The third-order valence-electron chi connectivity index (χ3n) is 4.03. The van der Waals surface area contributed by atoms with Crippen LogP contribution in [-0.4, -0.2) is 29.8 Å². The van der Waals surface area contributed by atoms with E-state index in [1.807, 2.05) is 0 Å². The Hall–Kier alpha value is -3.55. The Bertz CT molecular complexity index is 1020.